The number of thioether (sulfide) groups is 1. The molecule has 0 aliphatic carbocycles. The maximum atomic E-state index is 12.9. The van der Waals surface area contributed by atoms with Gasteiger partial charge in [-0.1, -0.05) is 57.9 Å². The number of imide groups is 1. The van der Waals surface area contributed by atoms with E-state index in [-0.39, 0.29) is 4.91 Å². The van der Waals surface area contributed by atoms with Crippen molar-refractivity contribution in [3.05, 3.63) is 92.3 Å². The lowest BCUT2D eigenvalue weighted by Crippen LogP contribution is -2.36. The Morgan fingerprint density at radius 1 is 1.11 bits per heavy atom. The molecular formula is C26H20BrClN2O5S. The molecule has 1 heterocycles. The molecule has 1 aliphatic rings. The molecule has 0 saturated carbocycles. The van der Waals surface area contributed by atoms with E-state index in [1.54, 1.807) is 36.4 Å². The summed E-state index contributed by atoms with van der Waals surface area (Å²) in [5.41, 5.74) is 2.08. The third kappa shape index (κ3) is 6.29. The highest BCUT2D eigenvalue weighted by atomic mass is 79.9. The number of anilines is 1. The quantitative estimate of drug-likeness (QED) is 0.309. The molecule has 1 fully saturated rings. The molecule has 1 aliphatic heterocycles. The van der Waals surface area contributed by atoms with Crippen molar-refractivity contribution in [2.75, 3.05) is 19.0 Å². The van der Waals surface area contributed by atoms with Gasteiger partial charge >= 0.3 is 0 Å². The third-order valence-corrected chi connectivity index (χ3v) is 6.80. The second-order valence-electron chi connectivity index (χ2n) is 7.63. The van der Waals surface area contributed by atoms with Crippen LogP contribution in [0.15, 0.2) is 76.1 Å². The van der Waals surface area contributed by atoms with Gasteiger partial charge in [-0.15, -0.1) is 0 Å². The Bertz CT molecular complexity index is 1330. The number of amides is 3. The van der Waals surface area contributed by atoms with Crippen molar-refractivity contribution in [3.63, 3.8) is 0 Å². The van der Waals surface area contributed by atoms with E-state index in [1.165, 1.54) is 13.2 Å². The first kappa shape index (κ1) is 25.8. The maximum absolute atomic E-state index is 12.9. The summed E-state index contributed by atoms with van der Waals surface area (Å²) in [5, 5.41) is 2.44. The minimum Gasteiger partial charge on any atom is -0.493 e. The molecule has 36 heavy (non-hydrogen) atoms. The molecule has 1 N–H and O–H groups in total. The van der Waals surface area contributed by atoms with Crippen LogP contribution in [0.3, 0.4) is 0 Å². The highest BCUT2D eigenvalue weighted by molar-refractivity contribution is 9.10. The van der Waals surface area contributed by atoms with Gasteiger partial charge in [0.15, 0.2) is 11.5 Å². The molecule has 0 spiro atoms. The van der Waals surface area contributed by atoms with Crippen LogP contribution >= 0.6 is 39.3 Å². The van der Waals surface area contributed by atoms with Gasteiger partial charge in [-0.25, -0.2) is 0 Å². The number of benzene rings is 3. The van der Waals surface area contributed by atoms with Crippen LogP contribution in [0.5, 0.6) is 11.5 Å². The number of ether oxygens (including phenoxy) is 2. The van der Waals surface area contributed by atoms with Gasteiger partial charge in [-0.05, 0) is 65.4 Å². The van der Waals surface area contributed by atoms with Gasteiger partial charge in [0.05, 0.1) is 17.0 Å². The summed E-state index contributed by atoms with van der Waals surface area (Å²) >= 11 is 10.5. The molecule has 10 heteroatoms. The predicted molar refractivity (Wildman–Crippen MR) is 144 cm³/mol. The zero-order valence-corrected chi connectivity index (χ0v) is 22.2. The second-order valence-corrected chi connectivity index (χ2v) is 9.95. The van der Waals surface area contributed by atoms with Crippen LogP contribution in [0.25, 0.3) is 6.08 Å². The van der Waals surface area contributed by atoms with Gasteiger partial charge in [0, 0.05) is 10.2 Å². The van der Waals surface area contributed by atoms with Crippen molar-refractivity contribution >= 4 is 68.1 Å². The van der Waals surface area contributed by atoms with Crippen molar-refractivity contribution in [2.24, 2.45) is 0 Å². The topological polar surface area (TPSA) is 84.9 Å². The lowest BCUT2D eigenvalue weighted by Gasteiger charge is -2.14. The van der Waals surface area contributed by atoms with Crippen LogP contribution in [0.2, 0.25) is 5.02 Å². The average molecular weight is 588 g/mol. The second kappa shape index (κ2) is 11.6. The Labute approximate surface area is 225 Å². The van der Waals surface area contributed by atoms with Crippen LogP contribution in [0.1, 0.15) is 11.1 Å². The summed E-state index contributed by atoms with van der Waals surface area (Å²) in [6, 6.07) is 19.9. The number of nitrogens with one attached hydrogen (secondary N) is 1. The predicted octanol–water partition coefficient (Wildman–Crippen LogP) is 6.37. The Kier molecular flexibility index (Phi) is 8.35. The first-order valence-electron chi connectivity index (χ1n) is 10.7. The molecule has 0 bridgehead atoms. The van der Waals surface area contributed by atoms with Crippen molar-refractivity contribution in [1.82, 2.24) is 4.90 Å². The summed E-state index contributed by atoms with van der Waals surface area (Å²) in [4.78, 5) is 38.8. The van der Waals surface area contributed by atoms with Gasteiger partial charge in [-0.3, -0.25) is 19.3 Å². The smallest absolute Gasteiger partial charge is 0.294 e. The summed E-state index contributed by atoms with van der Waals surface area (Å²) in [5.74, 6) is -0.281. The molecule has 3 aromatic carbocycles. The monoisotopic (exact) mass is 586 g/mol. The van der Waals surface area contributed by atoms with Gasteiger partial charge in [0.1, 0.15) is 13.2 Å². The highest BCUT2D eigenvalue weighted by Gasteiger charge is 2.36. The Hall–Kier alpha value is -3.27. The molecule has 0 radical (unpaired) electrons. The number of halogens is 2. The van der Waals surface area contributed by atoms with E-state index < -0.39 is 23.6 Å². The number of hydrogen-bond acceptors (Lipinski definition) is 6. The molecule has 0 atom stereocenters. The zero-order valence-electron chi connectivity index (χ0n) is 19.0. The zero-order chi connectivity index (χ0) is 25.7. The number of nitrogens with zero attached hydrogens (tertiary/aromatic N) is 1. The summed E-state index contributed by atoms with van der Waals surface area (Å²) in [6.07, 6.45) is 1.53. The van der Waals surface area contributed by atoms with Crippen molar-refractivity contribution in [2.45, 2.75) is 6.61 Å². The van der Waals surface area contributed by atoms with E-state index in [4.69, 9.17) is 21.1 Å². The minimum atomic E-state index is -0.560. The van der Waals surface area contributed by atoms with Gasteiger partial charge in [0.2, 0.25) is 5.91 Å². The third-order valence-electron chi connectivity index (χ3n) is 5.08. The van der Waals surface area contributed by atoms with E-state index in [2.05, 4.69) is 21.2 Å². The lowest BCUT2D eigenvalue weighted by atomic mass is 10.1. The van der Waals surface area contributed by atoms with Crippen LogP contribution in [0.4, 0.5) is 10.5 Å². The fourth-order valence-electron chi connectivity index (χ4n) is 3.36. The average Bonchev–Trinajstić information content (AvgIpc) is 3.12. The molecule has 1 saturated heterocycles. The van der Waals surface area contributed by atoms with Crippen molar-refractivity contribution in [3.8, 4) is 11.5 Å². The largest absolute Gasteiger partial charge is 0.493 e. The molecule has 184 valence electrons. The lowest BCUT2D eigenvalue weighted by molar-refractivity contribution is -0.127. The SMILES string of the molecule is COc1cc(/C=C2\SC(=O)N(CC(=O)Nc3ccc(Br)cc3)C2=O)cc(Cl)c1OCc1ccccc1. The highest BCUT2D eigenvalue weighted by Crippen LogP contribution is 2.39. The first-order chi connectivity index (χ1) is 17.3. The molecule has 0 unspecified atom stereocenters. The number of rotatable bonds is 8. The van der Waals surface area contributed by atoms with E-state index in [0.29, 0.717) is 34.4 Å². The van der Waals surface area contributed by atoms with Gasteiger partial charge in [0.25, 0.3) is 11.1 Å². The Balaban J connectivity index is 1.46. The minimum absolute atomic E-state index is 0.174. The van der Waals surface area contributed by atoms with E-state index in [9.17, 15) is 14.4 Å². The van der Waals surface area contributed by atoms with Crippen LogP contribution < -0.4 is 14.8 Å². The molecule has 7 nitrogen and oxygen atoms in total. The van der Waals surface area contributed by atoms with Gasteiger partial charge in [-0.2, -0.15) is 0 Å². The fourth-order valence-corrected chi connectivity index (χ4v) is 4.73. The summed E-state index contributed by atoms with van der Waals surface area (Å²) in [7, 11) is 1.49. The van der Waals surface area contributed by atoms with Crippen LogP contribution in [-0.4, -0.2) is 35.6 Å². The number of carbonyl (C=O) groups excluding carboxylic acids is 3. The van der Waals surface area contributed by atoms with E-state index in [1.807, 2.05) is 30.3 Å². The number of methoxy groups -OCH3 is 1. The van der Waals surface area contributed by atoms with E-state index in [0.717, 1.165) is 26.7 Å². The van der Waals surface area contributed by atoms with Crippen LogP contribution in [0, 0.1) is 0 Å². The Morgan fingerprint density at radius 2 is 1.83 bits per heavy atom. The number of carbonyl (C=O) groups is 3. The van der Waals surface area contributed by atoms with E-state index >= 15 is 0 Å². The molecular weight excluding hydrogens is 568 g/mol. The van der Waals surface area contributed by atoms with Crippen molar-refractivity contribution in [1.29, 1.82) is 0 Å². The van der Waals surface area contributed by atoms with Crippen LogP contribution in [-0.2, 0) is 16.2 Å². The summed E-state index contributed by atoms with van der Waals surface area (Å²) in [6.45, 7) is -0.0914. The van der Waals surface area contributed by atoms with Gasteiger partial charge < -0.3 is 14.8 Å². The number of hydrogen-bond donors (Lipinski definition) is 1. The Morgan fingerprint density at radius 3 is 2.53 bits per heavy atom. The first-order valence-corrected chi connectivity index (χ1v) is 12.7. The molecule has 3 amide bonds. The molecule has 3 aromatic rings. The normalized spacial score (nSPS) is 14.3. The van der Waals surface area contributed by atoms with Crippen molar-refractivity contribution < 1.29 is 23.9 Å². The maximum Gasteiger partial charge on any atom is 0.294 e. The molecule has 4 rings (SSSR count). The molecule has 0 aromatic heterocycles. The fraction of sp³-hybridized carbons (Fsp3) is 0.115. The standard InChI is InChI=1S/C26H20BrClN2O5S/c1-34-21-12-17(11-20(28)24(21)35-15-16-5-3-2-4-6-16)13-22-25(32)30(26(33)36-22)14-23(31)29-19-9-7-18(27)8-10-19/h2-13H,14-15H2,1H3,(H,29,31)/b22-13-. The summed E-state index contributed by atoms with van der Waals surface area (Å²) < 4.78 is 12.2.